The summed E-state index contributed by atoms with van der Waals surface area (Å²) in [5.74, 6) is 0.669. The van der Waals surface area contributed by atoms with Crippen LogP contribution in [0.3, 0.4) is 0 Å². The van der Waals surface area contributed by atoms with Crippen molar-refractivity contribution in [1.82, 2.24) is 15.0 Å². The summed E-state index contributed by atoms with van der Waals surface area (Å²) < 4.78 is 0. The number of nitrogens with zero attached hydrogens (tertiary/aromatic N) is 3. The third kappa shape index (κ3) is 2.73. The summed E-state index contributed by atoms with van der Waals surface area (Å²) in [6.45, 7) is 4.60. The third-order valence-electron chi connectivity index (χ3n) is 1.86. The van der Waals surface area contributed by atoms with Crippen LogP contribution in [0.15, 0.2) is 17.6 Å². The first kappa shape index (κ1) is 10.0. The fraction of sp³-hybridized carbons (Fsp3) is 0.300. The maximum Gasteiger partial charge on any atom is 0.223 e. The Morgan fingerprint density at radius 1 is 1.27 bits per heavy atom. The second-order valence-electron chi connectivity index (χ2n) is 3.25. The Labute approximate surface area is 92.4 Å². The lowest BCUT2D eigenvalue weighted by Crippen LogP contribution is -2.04. The van der Waals surface area contributed by atoms with Gasteiger partial charge in [0.15, 0.2) is 0 Å². The van der Waals surface area contributed by atoms with Crippen LogP contribution in [-0.2, 0) is 6.54 Å². The highest BCUT2D eigenvalue weighted by Crippen LogP contribution is 2.08. The van der Waals surface area contributed by atoms with E-state index in [2.05, 4.69) is 20.3 Å². The third-order valence-corrected chi connectivity index (χ3v) is 2.64. The number of anilines is 1. The normalized spacial score (nSPS) is 10.3. The molecule has 0 bridgehead atoms. The standard InChI is InChI=1S/C10H12N4S/c1-7-5-8(2)14-10(13-7)12-6-9-11-3-4-15-9/h3-5H,6H2,1-2H3,(H,12,13,14). The van der Waals surface area contributed by atoms with Gasteiger partial charge in [0.05, 0.1) is 6.54 Å². The van der Waals surface area contributed by atoms with Gasteiger partial charge in [0.25, 0.3) is 0 Å². The van der Waals surface area contributed by atoms with Gasteiger partial charge in [0.1, 0.15) is 5.01 Å². The molecule has 0 atom stereocenters. The largest absolute Gasteiger partial charge is 0.348 e. The lowest BCUT2D eigenvalue weighted by molar-refractivity contribution is 0.995. The molecule has 5 heteroatoms. The second-order valence-corrected chi connectivity index (χ2v) is 4.23. The summed E-state index contributed by atoms with van der Waals surface area (Å²) in [5, 5.41) is 6.15. The molecule has 0 fully saturated rings. The zero-order valence-electron chi connectivity index (χ0n) is 8.69. The molecular weight excluding hydrogens is 208 g/mol. The lowest BCUT2D eigenvalue weighted by Gasteiger charge is -2.04. The van der Waals surface area contributed by atoms with Crippen LogP contribution in [0, 0.1) is 13.8 Å². The molecule has 4 nitrogen and oxygen atoms in total. The molecule has 0 aliphatic rings. The molecule has 0 radical (unpaired) electrons. The minimum Gasteiger partial charge on any atom is -0.348 e. The summed E-state index contributed by atoms with van der Waals surface area (Å²) in [4.78, 5) is 12.8. The van der Waals surface area contributed by atoms with Gasteiger partial charge in [-0.15, -0.1) is 11.3 Å². The molecule has 0 saturated carbocycles. The van der Waals surface area contributed by atoms with E-state index in [1.54, 1.807) is 17.5 Å². The smallest absolute Gasteiger partial charge is 0.223 e. The lowest BCUT2D eigenvalue weighted by atomic mass is 10.4. The topological polar surface area (TPSA) is 50.7 Å². The van der Waals surface area contributed by atoms with Gasteiger partial charge in [-0.1, -0.05) is 0 Å². The monoisotopic (exact) mass is 220 g/mol. The van der Waals surface area contributed by atoms with E-state index < -0.39 is 0 Å². The quantitative estimate of drug-likeness (QED) is 0.861. The molecular formula is C10H12N4S. The molecule has 0 unspecified atom stereocenters. The summed E-state index contributed by atoms with van der Waals surface area (Å²) in [6.07, 6.45) is 1.80. The Kier molecular flexibility index (Phi) is 2.91. The van der Waals surface area contributed by atoms with E-state index in [0.717, 1.165) is 16.4 Å². The van der Waals surface area contributed by atoms with Crippen LogP contribution in [0.25, 0.3) is 0 Å². The van der Waals surface area contributed by atoms with Crippen LogP contribution in [0.2, 0.25) is 0 Å². The molecule has 0 saturated heterocycles. The van der Waals surface area contributed by atoms with Gasteiger partial charge in [-0.05, 0) is 19.9 Å². The number of hydrogen-bond donors (Lipinski definition) is 1. The van der Waals surface area contributed by atoms with Gasteiger partial charge in [0, 0.05) is 23.0 Å². The fourth-order valence-corrected chi connectivity index (χ4v) is 1.86. The van der Waals surface area contributed by atoms with Gasteiger partial charge in [0.2, 0.25) is 5.95 Å². The van der Waals surface area contributed by atoms with Crippen molar-refractivity contribution < 1.29 is 0 Å². The van der Waals surface area contributed by atoms with Crippen molar-refractivity contribution in [2.75, 3.05) is 5.32 Å². The molecule has 15 heavy (non-hydrogen) atoms. The molecule has 2 rings (SSSR count). The van der Waals surface area contributed by atoms with Crippen molar-refractivity contribution in [3.05, 3.63) is 34.0 Å². The van der Waals surface area contributed by atoms with Gasteiger partial charge < -0.3 is 5.32 Å². The highest BCUT2D eigenvalue weighted by atomic mass is 32.1. The van der Waals surface area contributed by atoms with Crippen molar-refractivity contribution in [2.45, 2.75) is 20.4 Å². The molecule has 2 aromatic rings. The zero-order chi connectivity index (χ0) is 10.7. The predicted octanol–water partition coefficient (Wildman–Crippen LogP) is 2.16. The molecule has 0 aliphatic carbocycles. The van der Waals surface area contributed by atoms with Crippen molar-refractivity contribution in [3.63, 3.8) is 0 Å². The van der Waals surface area contributed by atoms with Crippen LogP contribution in [0.1, 0.15) is 16.4 Å². The van der Waals surface area contributed by atoms with Crippen LogP contribution >= 0.6 is 11.3 Å². The average Bonchev–Trinajstić information content (AvgIpc) is 2.65. The number of nitrogens with one attached hydrogen (secondary N) is 1. The number of thiazole rings is 1. The van der Waals surface area contributed by atoms with Crippen LogP contribution in [-0.4, -0.2) is 15.0 Å². The van der Waals surface area contributed by atoms with Crippen LogP contribution in [0.5, 0.6) is 0 Å². The summed E-state index contributed by atoms with van der Waals surface area (Å²) in [5.41, 5.74) is 1.95. The van der Waals surface area contributed by atoms with Crippen molar-refractivity contribution in [2.24, 2.45) is 0 Å². The maximum atomic E-state index is 4.29. The van der Waals surface area contributed by atoms with E-state index in [4.69, 9.17) is 0 Å². The Morgan fingerprint density at radius 2 is 2.00 bits per heavy atom. The Hall–Kier alpha value is -1.49. The molecule has 1 N–H and O–H groups in total. The van der Waals surface area contributed by atoms with E-state index >= 15 is 0 Å². The highest BCUT2D eigenvalue weighted by molar-refractivity contribution is 7.09. The van der Waals surface area contributed by atoms with E-state index in [1.165, 1.54) is 0 Å². The van der Waals surface area contributed by atoms with Gasteiger partial charge in [-0.25, -0.2) is 15.0 Å². The molecule has 2 heterocycles. The SMILES string of the molecule is Cc1cc(C)nc(NCc2nccs2)n1. The zero-order valence-corrected chi connectivity index (χ0v) is 9.51. The Bertz CT molecular complexity index is 418. The maximum absolute atomic E-state index is 4.29. The molecule has 2 aromatic heterocycles. The fourth-order valence-electron chi connectivity index (χ4n) is 1.30. The van der Waals surface area contributed by atoms with Crippen LogP contribution < -0.4 is 5.32 Å². The first-order chi connectivity index (χ1) is 7.24. The molecule has 0 aromatic carbocycles. The number of hydrogen-bond acceptors (Lipinski definition) is 5. The summed E-state index contributed by atoms with van der Waals surface area (Å²) in [6, 6.07) is 1.95. The Balaban J connectivity index is 2.05. The number of rotatable bonds is 3. The van der Waals surface area contributed by atoms with Crippen LogP contribution in [0.4, 0.5) is 5.95 Å². The predicted molar refractivity (Wildman–Crippen MR) is 60.9 cm³/mol. The summed E-state index contributed by atoms with van der Waals surface area (Å²) in [7, 11) is 0. The number of aryl methyl sites for hydroxylation is 2. The van der Waals surface area contributed by atoms with E-state index in [-0.39, 0.29) is 0 Å². The minimum atomic E-state index is 0.669. The molecule has 0 amide bonds. The van der Waals surface area contributed by atoms with E-state index in [1.807, 2.05) is 25.3 Å². The van der Waals surface area contributed by atoms with Gasteiger partial charge >= 0.3 is 0 Å². The molecule has 0 spiro atoms. The highest BCUT2D eigenvalue weighted by Gasteiger charge is 2.00. The molecule has 78 valence electrons. The number of aromatic nitrogens is 3. The average molecular weight is 220 g/mol. The van der Waals surface area contributed by atoms with E-state index in [0.29, 0.717) is 12.5 Å². The van der Waals surface area contributed by atoms with Crippen molar-refractivity contribution in [3.8, 4) is 0 Å². The molecule has 0 aliphatic heterocycles. The van der Waals surface area contributed by atoms with Crippen molar-refractivity contribution >= 4 is 17.3 Å². The van der Waals surface area contributed by atoms with Gasteiger partial charge in [-0.2, -0.15) is 0 Å². The second kappa shape index (κ2) is 4.35. The first-order valence-electron chi connectivity index (χ1n) is 4.68. The first-order valence-corrected chi connectivity index (χ1v) is 5.56. The van der Waals surface area contributed by atoms with Crippen molar-refractivity contribution in [1.29, 1.82) is 0 Å². The van der Waals surface area contributed by atoms with Gasteiger partial charge in [-0.3, -0.25) is 0 Å². The van der Waals surface area contributed by atoms with E-state index in [9.17, 15) is 0 Å². The summed E-state index contributed by atoms with van der Waals surface area (Å²) >= 11 is 1.62. The minimum absolute atomic E-state index is 0.669. The Morgan fingerprint density at radius 3 is 2.60 bits per heavy atom.